The van der Waals surface area contributed by atoms with Crippen LogP contribution in [-0.2, 0) is 25.8 Å². The molecule has 0 amide bonds. The Kier molecular flexibility index (Phi) is 72.1. The van der Waals surface area contributed by atoms with Gasteiger partial charge in [0.2, 0.25) is 0 Å². The van der Waals surface area contributed by atoms with Crippen LogP contribution in [0.1, 0.15) is 6.42 Å². The van der Waals surface area contributed by atoms with E-state index < -0.39 is 0 Å². The third kappa shape index (κ3) is 30.5. The van der Waals surface area contributed by atoms with Gasteiger partial charge in [-0.15, -0.1) is 23.4 Å². The molecule has 1 radical (unpaired) electrons. The predicted octanol–water partition coefficient (Wildman–Crippen LogP) is 3.30. The molecule has 12 heavy (non-hydrogen) atoms. The SMILES string of the molecule is Br.C[SiH]C.[C-]1=CC=CC1.[CH3-].[CH3-].[Hf]. The van der Waals surface area contributed by atoms with Crippen LogP contribution in [0.25, 0.3) is 0 Å². The van der Waals surface area contributed by atoms with E-state index in [0.717, 1.165) is 15.9 Å². The third-order valence-corrected chi connectivity index (χ3v) is 0.586. The summed E-state index contributed by atoms with van der Waals surface area (Å²) in [5.74, 6) is 0. The maximum atomic E-state index is 2.99. The smallest absolute Gasteiger partial charge is 0.0213 e. The molecule has 1 aliphatic rings. The molecule has 0 fully saturated rings. The second-order valence-electron chi connectivity index (χ2n) is 1.58. The van der Waals surface area contributed by atoms with Crippen molar-refractivity contribution in [3.05, 3.63) is 39.2 Å². The molecule has 1 rings (SSSR count). The van der Waals surface area contributed by atoms with Gasteiger partial charge in [0.1, 0.15) is 0 Å². The van der Waals surface area contributed by atoms with Crippen molar-refractivity contribution >= 4 is 26.5 Å². The molecule has 0 bridgehead atoms. The van der Waals surface area contributed by atoms with Gasteiger partial charge in [0.25, 0.3) is 0 Å². The average molecular weight is 414 g/mol. The fraction of sp³-hybridized carbons (Fsp3) is 0.333. The van der Waals surface area contributed by atoms with Crippen molar-refractivity contribution in [2.45, 2.75) is 19.5 Å². The van der Waals surface area contributed by atoms with Crippen molar-refractivity contribution in [2.24, 2.45) is 0 Å². The summed E-state index contributed by atoms with van der Waals surface area (Å²) in [4.78, 5) is 0. The van der Waals surface area contributed by atoms with Crippen molar-refractivity contribution in [1.82, 2.24) is 0 Å². The molecule has 0 heterocycles. The Morgan fingerprint density at radius 2 is 1.67 bits per heavy atom. The summed E-state index contributed by atoms with van der Waals surface area (Å²) in [7, 11) is 0.750. The van der Waals surface area contributed by atoms with E-state index in [2.05, 4.69) is 25.2 Å². The zero-order chi connectivity index (χ0) is 6.24. The van der Waals surface area contributed by atoms with E-state index in [0.29, 0.717) is 0 Å². The first-order valence-corrected chi connectivity index (χ1v) is 5.18. The first-order valence-electron chi connectivity index (χ1n) is 2.87. The van der Waals surface area contributed by atoms with Gasteiger partial charge in [-0.2, -0.15) is 6.08 Å². The fourth-order valence-corrected chi connectivity index (χ4v) is 0.340. The quantitative estimate of drug-likeness (QED) is 0.422. The van der Waals surface area contributed by atoms with Gasteiger partial charge in [0.15, 0.2) is 0 Å². The molecule has 0 saturated heterocycles. The van der Waals surface area contributed by atoms with E-state index in [1.165, 1.54) is 0 Å². The van der Waals surface area contributed by atoms with E-state index in [9.17, 15) is 0 Å². The molecule has 0 atom stereocenters. The fourth-order valence-electron chi connectivity index (χ4n) is 0.340. The Hall–Kier alpha value is 1.05. The van der Waals surface area contributed by atoms with Gasteiger partial charge in [-0.25, -0.2) is 12.2 Å². The Balaban J connectivity index is -0.0000000219. The van der Waals surface area contributed by atoms with Gasteiger partial charge < -0.3 is 14.9 Å². The normalized spacial score (nSPS) is 8.83. The molecule has 0 spiro atoms. The summed E-state index contributed by atoms with van der Waals surface area (Å²) >= 11 is 0. The van der Waals surface area contributed by atoms with E-state index in [1.807, 2.05) is 12.2 Å². The first-order chi connectivity index (χ1) is 3.91. The van der Waals surface area contributed by atoms with E-state index in [1.54, 1.807) is 0 Å². The molecule has 0 aromatic heterocycles. The number of halogens is 1. The zero-order valence-electron chi connectivity index (χ0n) is 8.42. The molecular formula is C9H19BrHfSi-3. The number of hydrogen-bond donors (Lipinski definition) is 0. The molecule has 73 valence electrons. The van der Waals surface area contributed by atoms with Crippen LogP contribution in [0.5, 0.6) is 0 Å². The molecule has 1 aliphatic carbocycles. The van der Waals surface area contributed by atoms with E-state index in [4.69, 9.17) is 0 Å². The van der Waals surface area contributed by atoms with Gasteiger partial charge in [-0.3, -0.25) is 6.08 Å². The van der Waals surface area contributed by atoms with Crippen molar-refractivity contribution in [1.29, 1.82) is 0 Å². The van der Waals surface area contributed by atoms with Crippen molar-refractivity contribution in [3.63, 3.8) is 0 Å². The molecule has 3 heteroatoms. The summed E-state index contributed by atoms with van der Waals surface area (Å²) < 4.78 is 0. The maximum Gasteiger partial charge on any atom is 0.0213 e. The van der Waals surface area contributed by atoms with Crippen molar-refractivity contribution in [3.8, 4) is 0 Å². The van der Waals surface area contributed by atoms with Crippen molar-refractivity contribution < 1.29 is 25.8 Å². The third-order valence-electron chi connectivity index (χ3n) is 0.586. The first kappa shape index (κ1) is 29.2. The van der Waals surface area contributed by atoms with Gasteiger partial charge in [-0.05, 0) is 0 Å². The number of hydrogen-bond acceptors (Lipinski definition) is 0. The van der Waals surface area contributed by atoms with Crippen molar-refractivity contribution in [2.75, 3.05) is 0 Å². The standard InChI is InChI=1S/C5H5.C2H7Si.2CH3.BrH.Hf/c1-2-4-5-3-1;1-3-2;;;;/h1-3H,4H2;3H,1-2H3;2*1H3;1H;/q-1;;2*-1;;. The summed E-state index contributed by atoms with van der Waals surface area (Å²) in [6, 6.07) is 0. The van der Waals surface area contributed by atoms with Gasteiger partial charge >= 0.3 is 0 Å². The second-order valence-corrected chi connectivity index (χ2v) is 2.74. The number of rotatable bonds is 0. The van der Waals surface area contributed by atoms with E-state index >= 15 is 0 Å². The molecule has 0 saturated carbocycles. The van der Waals surface area contributed by atoms with Crippen LogP contribution in [0.2, 0.25) is 13.1 Å². The Labute approximate surface area is 110 Å². The maximum absolute atomic E-state index is 2.99. The van der Waals surface area contributed by atoms with Crippen LogP contribution in [0, 0.1) is 20.9 Å². The topological polar surface area (TPSA) is 0 Å². The number of allylic oxidation sites excluding steroid dienone is 4. The summed E-state index contributed by atoms with van der Waals surface area (Å²) in [6.07, 6.45) is 10.0. The molecule has 0 N–H and O–H groups in total. The van der Waals surface area contributed by atoms with Crippen LogP contribution in [0.4, 0.5) is 0 Å². The van der Waals surface area contributed by atoms with Crippen LogP contribution in [0.15, 0.2) is 18.2 Å². The average Bonchev–Trinajstić information content (AvgIpc) is 2.17. The predicted molar refractivity (Wildman–Crippen MR) is 63.6 cm³/mol. The monoisotopic (exact) mass is 414 g/mol. The van der Waals surface area contributed by atoms with Gasteiger partial charge in [0, 0.05) is 35.4 Å². The molecule has 0 nitrogen and oxygen atoms in total. The van der Waals surface area contributed by atoms with Gasteiger partial charge in [0.05, 0.1) is 0 Å². The minimum Gasteiger partial charge on any atom is -0.358 e. The van der Waals surface area contributed by atoms with Gasteiger partial charge in [-0.1, -0.05) is 13.1 Å². The minimum absolute atomic E-state index is 0. The summed E-state index contributed by atoms with van der Waals surface area (Å²) in [5, 5.41) is 0. The van der Waals surface area contributed by atoms with Crippen LogP contribution in [0.3, 0.4) is 0 Å². The Morgan fingerprint density at radius 1 is 1.25 bits per heavy atom. The Morgan fingerprint density at radius 3 is 1.75 bits per heavy atom. The van der Waals surface area contributed by atoms with Crippen LogP contribution >= 0.6 is 17.0 Å². The van der Waals surface area contributed by atoms with Crippen LogP contribution < -0.4 is 0 Å². The summed E-state index contributed by atoms with van der Waals surface area (Å²) in [6.45, 7) is 4.42. The Bertz CT molecular complexity index is 82.5. The minimum atomic E-state index is 0. The molecular weight excluding hydrogens is 395 g/mol. The van der Waals surface area contributed by atoms with E-state index in [-0.39, 0.29) is 57.7 Å². The molecule has 0 aliphatic heterocycles. The molecule has 0 aromatic carbocycles. The van der Waals surface area contributed by atoms with Crippen LogP contribution in [-0.4, -0.2) is 9.52 Å². The molecule has 0 aromatic rings. The largest absolute Gasteiger partial charge is 0.358 e. The second kappa shape index (κ2) is 29.6. The molecule has 0 unspecified atom stereocenters. The summed E-state index contributed by atoms with van der Waals surface area (Å²) in [5.41, 5.74) is 0. The zero-order valence-corrected chi connectivity index (χ0v) is 14.9.